The first kappa shape index (κ1) is 16.6. The predicted molar refractivity (Wildman–Crippen MR) is 95.2 cm³/mol. The van der Waals surface area contributed by atoms with Gasteiger partial charge in [0, 0.05) is 17.1 Å². The molecule has 3 aromatic rings. The number of methoxy groups -OCH3 is 1. The van der Waals surface area contributed by atoms with Crippen molar-refractivity contribution < 1.29 is 19.1 Å². The van der Waals surface area contributed by atoms with Gasteiger partial charge in [-0.05, 0) is 37.3 Å². The number of fused-ring (bicyclic) bond motifs is 1. The van der Waals surface area contributed by atoms with E-state index in [1.165, 1.54) is 0 Å². The Hall–Kier alpha value is -3.28. The van der Waals surface area contributed by atoms with E-state index in [2.05, 4.69) is 10.3 Å². The van der Waals surface area contributed by atoms with Crippen LogP contribution in [0.4, 0.5) is 5.69 Å². The molecule has 0 atom stereocenters. The molecule has 0 saturated carbocycles. The summed E-state index contributed by atoms with van der Waals surface area (Å²) in [4.78, 5) is 27.8. The second kappa shape index (κ2) is 7.09. The van der Waals surface area contributed by atoms with Gasteiger partial charge >= 0.3 is 5.97 Å². The van der Waals surface area contributed by atoms with E-state index in [1.54, 1.807) is 50.6 Å². The van der Waals surface area contributed by atoms with Gasteiger partial charge in [-0.3, -0.25) is 4.79 Å². The third-order valence-electron chi connectivity index (χ3n) is 3.80. The standard InChI is InChI=1S/C19H18N2O4/c1-3-25-19(23)13-6-4-5-7-17(13)21-18(22)15-11-20-16-9-8-12(24-2)10-14(15)16/h4-11,20H,3H2,1-2H3,(H,21,22). The van der Waals surface area contributed by atoms with Crippen LogP contribution in [-0.4, -0.2) is 30.6 Å². The smallest absolute Gasteiger partial charge is 0.340 e. The Kier molecular flexibility index (Phi) is 4.70. The third-order valence-corrected chi connectivity index (χ3v) is 3.80. The van der Waals surface area contributed by atoms with Crippen molar-refractivity contribution in [1.82, 2.24) is 4.98 Å². The Morgan fingerprint density at radius 3 is 2.68 bits per heavy atom. The molecule has 25 heavy (non-hydrogen) atoms. The lowest BCUT2D eigenvalue weighted by atomic mass is 10.1. The molecule has 1 aromatic heterocycles. The normalized spacial score (nSPS) is 10.5. The number of amides is 1. The lowest BCUT2D eigenvalue weighted by molar-refractivity contribution is 0.0527. The van der Waals surface area contributed by atoms with Gasteiger partial charge < -0.3 is 19.8 Å². The number of benzene rings is 2. The summed E-state index contributed by atoms with van der Waals surface area (Å²) in [7, 11) is 1.57. The molecular formula is C19H18N2O4. The first-order valence-corrected chi connectivity index (χ1v) is 7.86. The average molecular weight is 338 g/mol. The summed E-state index contributed by atoms with van der Waals surface area (Å²) in [6.45, 7) is 2.00. The van der Waals surface area contributed by atoms with Crippen molar-refractivity contribution in [2.75, 3.05) is 19.0 Å². The van der Waals surface area contributed by atoms with Crippen LogP contribution in [0.2, 0.25) is 0 Å². The Balaban J connectivity index is 1.92. The zero-order chi connectivity index (χ0) is 17.8. The number of carbonyl (C=O) groups is 2. The molecular weight excluding hydrogens is 320 g/mol. The maximum atomic E-state index is 12.7. The Morgan fingerprint density at radius 1 is 1.12 bits per heavy atom. The lowest BCUT2D eigenvalue weighted by Crippen LogP contribution is -2.15. The Labute approximate surface area is 144 Å². The number of nitrogens with one attached hydrogen (secondary N) is 2. The molecule has 0 unspecified atom stereocenters. The van der Waals surface area contributed by atoms with E-state index in [1.807, 2.05) is 12.1 Å². The molecule has 1 heterocycles. The van der Waals surface area contributed by atoms with Crippen molar-refractivity contribution in [3.8, 4) is 5.75 Å². The van der Waals surface area contributed by atoms with Gasteiger partial charge in [0.15, 0.2) is 0 Å². The maximum Gasteiger partial charge on any atom is 0.340 e. The Bertz CT molecular complexity index is 930. The van der Waals surface area contributed by atoms with Crippen molar-refractivity contribution >= 4 is 28.5 Å². The van der Waals surface area contributed by atoms with Gasteiger partial charge in [-0.15, -0.1) is 0 Å². The van der Waals surface area contributed by atoms with Crippen molar-refractivity contribution in [3.63, 3.8) is 0 Å². The van der Waals surface area contributed by atoms with Crippen molar-refractivity contribution in [1.29, 1.82) is 0 Å². The van der Waals surface area contributed by atoms with Gasteiger partial charge in [0.1, 0.15) is 5.75 Å². The van der Waals surface area contributed by atoms with Gasteiger partial charge in [0.25, 0.3) is 5.91 Å². The van der Waals surface area contributed by atoms with Crippen LogP contribution in [0.5, 0.6) is 5.75 Å². The summed E-state index contributed by atoms with van der Waals surface area (Å²) in [5.41, 5.74) is 2.01. The van der Waals surface area contributed by atoms with Crippen molar-refractivity contribution in [3.05, 3.63) is 59.8 Å². The molecule has 2 aromatic carbocycles. The van der Waals surface area contributed by atoms with Crippen LogP contribution >= 0.6 is 0 Å². The van der Waals surface area contributed by atoms with E-state index in [-0.39, 0.29) is 12.5 Å². The largest absolute Gasteiger partial charge is 0.497 e. The van der Waals surface area contributed by atoms with E-state index in [4.69, 9.17) is 9.47 Å². The molecule has 0 saturated heterocycles. The second-order valence-electron chi connectivity index (χ2n) is 5.33. The van der Waals surface area contributed by atoms with Crippen LogP contribution in [0.1, 0.15) is 27.6 Å². The number of rotatable bonds is 5. The molecule has 2 N–H and O–H groups in total. The van der Waals surface area contributed by atoms with E-state index < -0.39 is 5.97 Å². The summed E-state index contributed by atoms with van der Waals surface area (Å²) in [6, 6.07) is 12.2. The molecule has 0 radical (unpaired) electrons. The molecule has 0 aliphatic carbocycles. The molecule has 0 bridgehead atoms. The first-order valence-electron chi connectivity index (χ1n) is 7.86. The van der Waals surface area contributed by atoms with Crippen LogP contribution in [0.25, 0.3) is 10.9 Å². The van der Waals surface area contributed by atoms with Crippen LogP contribution in [0, 0.1) is 0 Å². The summed E-state index contributed by atoms with van der Waals surface area (Å²) in [5, 5.41) is 3.52. The SMILES string of the molecule is CCOC(=O)c1ccccc1NC(=O)c1c[nH]c2ccc(OC)cc12. The molecule has 6 nitrogen and oxygen atoms in total. The summed E-state index contributed by atoms with van der Waals surface area (Å²) < 4.78 is 10.2. The van der Waals surface area contributed by atoms with Gasteiger partial charge in [-0.1, -0.05) is 12.1 Å². The third kappa shape index (κ3) is 3.33. The fraction of sp³-hybridized carbons (Fsp3) is 0.158. The quantitative estimate of drug-likeness (QED) is 0.697. The minimum Gasteiger partial charge on any atom is -0.497 e. The van der Waals surface area contributed by atoms with Crippen LogP contribution in [0.15, 0.2) is 48.7 Å². The fourth-order valence-corrected chi connectivity index (χ4v) is 2.58. The van der Waals surface area contributed by atoms with E-state index in [0.29, 0.717) is 22.6 Å². The zero-order valence-electron chi connectivity index (χ0n) is 14.0. The van der Waals surface area contributed by atoms with Gasteiger partial charge in [0.05, 0.1) is 30.5 Å². The molecule has 0 fully saturated rings. The average Bonchev–Trinajstić information content (AvgIpc) is 3.05. The van der Waals surface area contributed by atoms with Gasteiger partial charge in [0.2, 0.25) is 0 Å². The molecule has 6 heteroatoms. The number of hydrogen-bond donors (Lipinski definition) is 2. The highest BCUT2D eigenvalue weighted by Crippen LogP contribution is 2.25. The number of H-pyrrole nitrogens is 1. The first-order chi connectivity index (χ1) is 12.1. The number of carbonyl (C=O) groups excluding carboxylic acids is 2. The monoisotopic (exact) mass is 338 g/mol. The molecule has 128 valence electrons. The van der Waals surface area contributed by atoms with Crippen LogP contribution in [0.3, 0.4) is 0 Å². The van der Waals surface area contributed by atoms with E-state index >= 15 is 0 Å². The second-order valence-corrected chi connectivity index (χ2v) is 5.33. The summed E-state index contributed by atoms with van der Waals surface area (Å²) in [6.07, 6.45) is 1.63. The lowest BCUT2D eigenvalue weighted by Gasteiger charge is -2.10. The Morgan fingerprint density at radius 2 is 1.92 bits per heavy atom. The van der Waals surface area contributed by atoms with Crippen LogP contribution in [-0.2, 0) is 4.74 Å². The number of aromatic amines is 1. The zero-order valence-corrected chi connectivity index (χ0v) is 14.0. The molecule has 1 amide bonds. The number of hydrogen-bond acceptors (Lipinski definition) is 4. The number of ether oxygens (including phenoxy) is 2. The number of para-hydroxylation sites is 1. The number of aromatic nitrogens is 1. The van der Waals surface area contributed by atoms with Gasteiger partial charge in [-0.25, -0.2) is 4.79 Å². The molecule has 0 aliphatic rings. The van der Waals surface area contributed by atoms with Crippen LogP contribution < -0.4 is 10.1 Å². The molecule has 0 spiro atoms. The minimum absolute atomic E-state index is 0.267. The number of anilines is 1. The highest BCUT2D eigenvalue weighted by atomic mass is 16.5. The van der Waals surface area contributed by atoms with Gasteiger partial charge in [-0.2, -0.15) is 0 Å². The highest BCUT2D eigenvalue weighted by molar-refractivity contribution is 6.14. The fourth-order valence-electron chi connectivity index (χ4n) is 2.58. The molecule has 0 aliphatic heterocycles. The summed E-state index contributed by atoms with van der Waals surface area (Å²) in [5.74, 6) is -0.136. The van der Waals surface area contributed by atoms with Crippen molar-refractivity contribution in [2.45, 2.75) is 6.92 Å². The topological polar surface area (TPSA) is 80.4 Å². The molecule has 3 rings (SSSR count). The van der Waals surface area contributed by atoms with E-state index in [9.17, 15) is 9.59 Å². The number of esters is 1. The predicted octanol–water partition coefficient (Wildman–Crippen LogP) is 3.61. The summed E-state index contributed by atoms with van der Waals surface area (Å²) >= 11 is 0. The maximum absolute atomic E-state index is 12.7. The van der Waals surface area contributed by atoms with Crippen molar-refractivity contribution in [2.24, 2.45) is 0 Å². The highest BCUT2D eigenvalue weighted by Gasteiger charge is 2.17. The minimum atomic E-state index is -0.473. The van der Waals surface area contributed by atoms with E-state index in [0.717, 1.165) is 10.9 Å².